The van der Waals surface area contributed by atoms with Gasteiger partial charge in [-0.2, -0.15) is 11.8 Å². The molecule has 5 heteroatoms. The third-order valence-electron chi connectivity index (χ3n) is 4.26. The Hall–Kier alpha value is -0.420. The van der Waals surface area contributed by atoms with Crippen LogP contribution in [0.1, 0.15) is 46.0 Å². The highest BCUT2D eigenvalue weighted by molar-refractivity contribution is 7.99. The fraction of sp³-hybridized carbons (Fsp3) is 0.929. The van der Waals surface area contributed by atoms with E-state index in [2.05, 4.69) is 24.5 Å². The minimum atomic E-state index is -0.0586. The van der Waals surface area contributed by atoms with Gasteiger partial charge < -0.3 is 15.7 Å². The molecular weight excluding hydrogens is 260 g/mol. The van der Waals surface area contributed by atoms with Crippen molar-refractivity contribution in [1.29, 1.82) is 0 Å². The maximum Gasteiger partial charge on any atom is 0.315 e. The normalized spacial score (nSPS) is 20.1. The Morgan fingerprint density at radius 3 is 2.68 bits per heavy atom. The highest BCUT2D eigenvalue weighted by Gasteiger charge is 2.26. The maximum atomic E-state index is 11.9. The minimum Gasteiger partial charge on any atom is -0.396 e. The highest BCUT2D eigenvalue weighted by atomic mass is 32.2. The maximum absolute atomic E-state index is 11.9. The van der Waals surface area contributed by atoms with Crippen LogP contribution in [-0.4, -0.2) is 41.8 Å². The van der Waals surface area contributed by atoms with Gasteiger partial charge in [-0.3, -0.25) is 0 Å². The van der Waals surface area contributed by atoms with Gasteiger partial charge in [-0.25, -0.2) is 4.79 Å². The molecular formula is C14H28N2O2S. The summed E-state index contributed by atoms with van der Waals surface area (Å²) in [4.78, 5) is 11.9. The Kier molecular flexibility index (Phi) is 7.61. The van der Waals surface area contributed by atoms with Crippen LogP contribution in [0.15, 0.2) is 0 Å². The Bertz CT molecular complexity index is 264. The lowest BCUT2D eigenvalue weighted by Gasteiger charge is -2.32. The zero-order valence-electron chi connectivity index (χ0n) is 12.2. The van der Waals surface area contributed by atoms with Crippen molar-refractivity contribution in [3.63, 3.8) is 0 Å². The predicted octanol–water partition coefficient (Wildman–Crippen LogP) is 2.37. The molecule has 3 N–H and O–H groups in total. The number of thioether (sulfide) groups is 1. The van der Waals surface area contributed by atoms with E-state index in [1.807, 2.05) is 11.8 Å². The number of carbonyl (C=O) groups is 1. The summed E-state index contributed by atoms with van der Waals surface area (Å²) in [5.41, 5.74) is 0.0351. The molecule has 1 heterocycles. The average molecular weight is 288 g/mol. The second-order valence-corrected chi connectivity index (χ2v) is 6.57. The van der Waals surface area contributed by atoms with Crippen molar-refractivity contribution in [1.82, 2.24) is 10.6 Å². The number of rotatable bonds is 7. The molecule has 0 aromatic rings. The molecule has 1 unspecified atom stereocenters. The molecule has 1 rings (SSSR count). The van der Waals surface area contributed by atoms with Crippen LogP contribution in [0.25, 0.3) is 0 Å². The molecule has 1 atom stereocenters. The topological polar surface area (TPSA) is 61.4 Å². The van der Waals surface area contributed by atoms with E-state index in [0.29, 0.717) is 12.6 Å². The van der Waals surface area contributed by atoms with Crippen LogP contribution in [0.2, 0.25) is 0 Å². The van der Waals surface area contributed by atoms with Crippen LogP contribution in [0.5, 0.6) is 0 Å². The van der Waals surface area contributed by atoms with E-state index >= 15 is 0 Å². The molecule has 1 saturated heterocycles. The number of carbonyl (C=O) groups excluding carboxylic acids is 1. The lowest BCUT2D eigenvalue weighted by atomic mass is 9.79. The standard InChI is InChI=1S/C14H28N2O2S/c1-3-14(4-2,7-8-17)11-15-13(18)16-12-6-5-9-19-10-12/h12,17H,3-11H2,1-2H3,(H2,15,16,18). The first-order valence-corrected chi connectivity index (χ1v) is 8.54. The third-order valence-corrected chi connectivity index (χ3v) is 5.48. The highest BCUT2D eigenvalue weighted by Crippen LogP contribution is 2.29. The average Bonchev–Trinajstić information content (AvgIpc) is 2.45. The van der Waals surface area contributed by atoms with Crippen LogP contribution < -0.4 is 10.6 Å². The van der Waals surface area contributed by atoms with E-state index in [4.69, 9.17) is 5.11 Å². The van der Waals surface area contributed by atoms with Gasteiger partial charge in [0.1, 0.15) is 0 Å². The van der Waals surface area contributed by atoms with Crippen molar-refractivity contribution in [3.05, 3.63) is 0 Å². The first-order chi connectivity index (χ1) is 9.15. The molecule has 112 valence electrons. The van der Waals surface area contributed by atoms with Crippen molar-refractivity contribution in [2.45, 2.75) is 52.0 Å². The van der Waals surface area contributed by atoms with Gasteiger partial charge in [0.25, 0.3) is 0 Å². The van der Waals surface area contributed by atoms with Crippen LogP contribution in [0, 0.1) is 5.41 Å². The summed E-state index contributed by atoms with van der Waals surface area (Å²) in [6, 6.07) is 0.256. The van der Waals surface area contributed by atoms with Crippen LogP contribution in [0.3, 0.4) is 0 Å². The number of nitrogens with one attached hydrogen (secondary N) is 2. The van der Waals surface area contributed by atoms with Crippen LogP contribution >= 0.6 is 11.8 Å². The fourth-order valence-corrected chi connectivity index (χ4v) is 3.61. The summed E-state index contributed by atoms with van der Waals surface area (Å²) in [5, 5.41) is 15.2. The van der Waals surface area contributed by atoms with Gasteiger partial charge in [-0.05, 0) is 43.3 Å². The molecule has 1 aliphatic heterocycles. The first kappa shape index (κ1) is 16.6. The molecule has 0 aromatic carbocycles. The first-order valence-electron chi connectivity index (χ1n) is 7.38. The van der Waals surface area contributed by atoms with Gasteiger partial charge in [0.15, 0.2) is 0 Å². The van der Waals surface area contributed by atoms with Crippen LogP contribution in [-0.2, 0) is 0 Å². The Morgan fingerprint density at radius 2 is 2.16 bits per heavy atom. The zero-order valence-corrected chi connectivity index (χ0v) is 13.0. The van der Waals surface area contributed by atoms with Crippen molar-refractivity contribution >= 4 is 17.8 Å². The Balaban J connectivity index is 2.34. The summed E-state index contributed by atoms with van der Waals surface area (Å²) in [6.07, 6.45) is 4.98. The van der Waals surface area contributed by atoms with Gasteiger partial charge in [0.2, 0.25) is 0 Å². The molecule has 0 bridgehead atoms. The van der Waals surface area contributed by atoms with Gasteiger partial charge >= 0.3 is 6.03 Å². The third kappa shape index (κ3) is 5.61. The van der Waals surface area contributed by atoms with Crippen molar-refractivity contribution < 1.29 is 9.90 Å². The number of urea groups is 1. The second kappa shape index (κ2) is 8.69. The smallest absolute Gasteiger partial charge is 0.315 e. The molecule has 0 saturated carbocycles. The summed E-state index contributed by atoms with van der Waals surface area (Å²) >= 11 is 1.91. The molecule has 0 aliphatic carbocycles. The Morgan fingerprint density at radius 1 is 1.42 bits per heavy atom. The van der Waals surface area contributed by atoms with E-state index in [1.54, 1.807) is 0 Å². The minimum absolute atomic E-state index is 0.0351. The van der Waals surface area contributed by atoms with Crippen LogP contribution in [0.4, 0.5) is 4.79 Å². The quantitative estimate of drug-likeness (QED) is 0.674. The molecule has 1 fully saturated rings. The molecule has 1 aliphatic rings. The lowest BCUT2D eigenvalue weighted by molar-refractivity contribution is 0.163. The molecule has 0 radical (unpaired) electrons. The number of hydrogen-bond acceptors (Lipinski definition) is 3. The summed E-state index contributed by atoms with van der Waals surface area (Å²) < 4.78 is 0. The fourth-order valence-electron chi connectivity index (χ4n) is 2.54. The number of aliphatic hydroxyl groups excluding tert-OH is 1. The number of aliphatic hydroxyl groups is 1. The van der Waals surface area contributed by atoms with E-state index < -0.39 is 0 Å². The molecule has 19 heavy (non-hydrogen) atoms. The van der Waals surface area contributed by atoms with Crippen molar-refractivity contribution in [2.24, 2.45) is 5.41 Å². The number of hydrogen-bond donors (Lipinski definition) is 3. The SMILES string of the molecule is CCC(CC)(CCO)CNC(=O)NC1CCCSC1. The largest absolute Gasteiger partial charge is 0.396 e. The summed E-state index contributed by atoms with van der Waals surface area (Å²) in [7, 11) is 0. The molecule has 0 aromatic heterocycles. The molecule has 2 amide bonds. The van der Waals surface area contributed by atoms with E-state index in [9.17, 15) is 4.79 Å². The van der Waals surface area contributed by atoms with Gasteiger partial charge in [0, 0.05) is 24.9 Å². The molecule has 4 nitrogen and oxygen atoms in total. The summed E-state index contributed by atoms with van der Waals surface area (Å²) in [6.45, 7) is 5.07. The second-order valence-electron chi connectivity index (χ2n) is 5.42. The Labute approximate surface area is 121 Å². The zero-order chi connectivity index (χ0) is 14.1. The summed E-state index contributed by atoms with van der Waals surface area (Å²) in [5.74, 6) is 2.24. The lowest BCUT2D eigenvalue weighted by Crippen LogP contribution is -2.47. The number of amides is 2. The van der Waals surface area contributed by atoms with Gasteiger partial charge in [-0.15, -0.1) is 0 Å². The predicted molar refractivity (Wildman–Crippen MR) is 81.6 cm³/mol. The van der Waals surface area contributed by atoms with Gasteiger partial charge in [0.05, 0.1) is 0 Å². The van der Waals surface area contributed by atoms with Crippen molar-refractivity contribution in [2.75, 3.05) is 24.7 Å². The van der Waals surface area contributed by atoms with E-state index in [-0.39, 0.29) is 18.1 Å². The van der Waals surface area contributed by atoms with Crippen molar-refractivity contribution in [3.8, 4) is 0 Å². The monoisotopic (exact) mass is 288 g/mol. The van der Waals surface area contributed by atoms with E-state index in [0.717, 1.165) is 31.4 Å². The van der Waals surface area contributed by atoms with Gasteiger partial charge in [-0.1, -0.05) is 13.8 Å². The van der Waals surface area contributed by atoms with E-state index in [1.165, 1.54) is 12.2 Å². The molecule has 0 spiro atoms.